The zero-order chi connectivity index (χ0) is 11.8. The summed E-state index contributed by atoms with van der Waals surface area (Å²) in [5.74, 6) is 0. The molecule has 1 aliphatic heterocycles. The molecule has 0 spiro atoms. The van der Waals surface area contributed by atoms with Gasteiger partial charge in [-0.2, -0.15) is 9.57 Å². The van der Waals surface area contributed by atoms with Crippen LogP contribution in [0.4, 0.5) is 0 Å². The second kappa shape index (κ2) is 4.14. The molecule has 1 aromatic rings. The zero-order valence-corrected chi connectivity index (χ0v) is 9.96. The first kappa shape index (κ1) is 11.5. The van der Waals surface area contributed by atoms with Gasteiger partial charge in [-0.05, 0) is 18.6 Å². The lowest BCUT2D eigenvalue weighted by Crippen LogP contribution is -2.29. The van der Waals surface area contributed by atoms with E-state index >= 15 is 0 Å². The fourth-order valence-corrected chi connectivity index (χ4v) is 4.33. The first-order chi connectivity index (χ1) is 7.54. The van der Waals surface area contributed by atoms with Crippen LogP contribution < -0.4 is 0 Å². The molecular formula is C9H10N2O3S2. The molecule has 16 heavy (non-hydrogen) atoms. The Labute approximate surface area is 97.6 Å². The van der Waals surface area contributed by atoms with Crippen LogP contribution in [0.1, 0.15) is 11.3 Å². The average Bonchev–Trinajstić information content (AvgIpc) is 2.85. The number of nitrogens with zero attached hydrogens (tertiary/aromatic N) is 2. The lowest BCUT2D eigenvalue weighted by molar-refractivity contribution is 0.189. The van der Waals surface area contributed by atoms with Crippen LogP contribution in [0.3, 0.4) is 0 Å². The summed E-state index contributed by atoms with van der Waals surface area (Å²) in [6, 6.07) is 4.83. The molecule has 1 N–H and O–H groups in total. The van der Waals surface area contributed by atoms with E-state index in [1.165, 1.54) is 16.4 Å². The predicted octanol–water partition coefficient (Wildman–Crippen LogP) is 0.375. The van der Waals surface area contributed by atoms with E-state index in [1.807, 2.05) is 6.07 Å². The van der Waals surface area contributed by atoms with Crippen molar-refractivity contribution in [3.05, 3.63) is 17.0 Å². The maximum Gasteiger partial charge on any atom is 0.252 e. The van der Waals surface area contributed by atoms with Crippen LogP contribution in [-0.2, 0) is 10.0 Å². The Morgan fingerprint density at radius 2 is 2.31 bits per heavy atom. The van der Waals surface area contributed by atoms with Crippen molar-refractivity contribution in [3.8, 4) is 6.07 Å². The highest BCUT2D eigenvalue weighted by Gasteiger charge is 2.32. The fourth-order valence-electron chi connectivity index (χ4n) is 1.58. The molecule has 0 amide bonds. The number of hydrogen-bond donors (Lipinski definition) is 1. The topological polar surface area (TPSA) is 81.4 Å². The van der Waals surface area contributed by atoms with Gasteiger partial charge in [0.2, 0.25) is 0 Å². The fraction of sp³-hybridized carbons (Fsp3) is 0.444. The normalized spacial score (nSPS) is 22.1. The third kappa shape index (κ3) is 1.97. The quantitative estimate of drug-likeness (QED) is 0.831. The number of aliphatic hydroxyl groups excluding tert-OH is 1. The third-order valence-electron chi connectivity index (χ3n) is 2.41. The van der Waals surface area contributed by atoms with Crippen LogP contribution in [0.5, 0.6) is 0 Å². The van der Waals surface area contributed by atoms with E-state index in [2.05, 4.69) is 0 Å². The highest BCUT2D eigenvalue weighted by molar-refractivity contribution is 7.91. The molecule has 1 atom stereocenters. The molecule has 7 heteroatoms. The van der Waals surface area contributed by atoms with E-state index < -0.39 is 16.1 Å². The van der Waals surface area contributed by atoms with Gasteiger partial charge in [-0.1, -0.05) is 0 Å². The number of β-amino-alcohol motifs (C(OH)–C–C–N with tert-alkyl or cyclic N) is 1. The van der Waals surface area contributed by atoms with Crippen molar-refractivity contribution >= 4 is 21.4 Å². The maximum atomic E-state index is 12.0. The molecule has 1 unspecified atom stereocenters. The van der Waals surface area contributed by atoms with Gasteiger partial charge in [0, 0.05) is 13.1 Å². The van der Waals surface area contributed by atoms with Gasteiger partial charge in [-0.15, -0.1) is 11.3 Å². The number of rotatable bonds is 2. The summed E-state index contributed by atoms with van der Waals surface area (Å²) in [5, 5.41) is 17.9. The first-order valence-electron chi connectivity index (χ1n) is 4.72. The third-order valence-corrected chi connectivity index (χ3v) is 5.73. The molecule has 2 heterocycles. The molecule has 1 aromatic heterocycles. The maximum absolute atomic E-state index is 12.0. The molecule has 0 radical (unpaired) electrons. The van der Waals surface area contributed by atoms with E-state index in [0.29, 0.717) is 17.8 Å². The molecule has 2 rings (SSSR count). The van der Waals surface area contributed by atoms with Gasteiger partial charge in [-0.3, -0.25) is 0 Å². The van der Waals surface area contributed by atoms with E-state index in [-0.39, 0.29) is 10.8 Å². The number of nitriles is 1. The lowest BCUT2D eigenvalue weighted by Gasteiger charge is -2.13. The molecule has 0 bridgehead atoms. The monoisotopic (exact) mass is 258 g/mol. The van der Waals surface area contributed by atoms with Crippen LogP contribution in [-0.4, -0.2) is 37.0 Å². The van der Waals surface area contributed by atoms with Crippen LogP contribution in [0, 0.1) is 11.3 Å². The summed E-state index contributed by atoms with van der Waals surface area (Å²) < 4.78 is 25.5. The minimum atomic E-state index is -3.52. The number of thiophene rings is 1. The minimum absolute atomic E-state index is 0.141. The van der Waals surface area contributed by atoms with Gasteiger partial charge < -0.3 is 5.11 Å². The average molecular weight is 258 g/mol. The Hall–Kier alpha value is -0.940. The van der Waals surface area contributed by atoms with Crippen molar-refractivity contribution in [2.24, 2.45) is 0 Å². The molecule has 0 aliphatic carbocycles. The molecule has 86 valence electrons. The van der Waals surface area contributed by atoms with Crippen LogP contribution in [0.15, 0.2) is 16.3 Å². The SMILES string of the molecule is N#Cc1ccc(S(=O)(=O)N2CCC(O)C2)s1. The Balaban J connectivity index is 2.29. The summed E-state index contributed by atoms with van der Waals surface area (Å²) in [6.45, 7) is 0.478. The second-order valence-electron chi connectivity index (χ2n) is 3.54. The van der Waals surface area contributed by atoms with Gasteiger partial charge in [0.25, 0.3) is 10.0 Å². The van der Waals surface area contributed by atoms with E-state index in [1.54, 1.807) is 0 Å². The number of aliphatic hydroxyl groups is 1. The van der Waals surface area contributed by atoms with Gasteiger partial charge in [0.15, 0.2) is 0 Å². The summed E-state index contributed by atoms with van der Waals surface area (Å²) in [7, 11) is -3.52. The molecule has 5 nitrogen and oxygen atoms in total. The van der Waals surface area contributed by atoms with Crippen molar-refractivity contribution in [1.82, 2.24) is 4.31 Å². The van der Waals surface area contributed by atoms with Crippen molar-refractivity contribution in [3.63, 3.8) is 0 Å². The van der Waals surface area contributed by atoms with Gasteiger partial charge in [0.1, 0.15) is 15.2 Å². The predicted molar refractivity (Wildman–Crippen MR) is 58.4 cm³/mol. The summed E-state index contributed by atoms with van der Waals surface area (Å²) in [6.07, 6.45) is -0.111. The van der Waals surface area contributed by atoms with Crippen molar-refractivity contribution < 1.29 is 13.5 Å². The Morgan fingerprint density at radius 1 is 1.56 bits per heavy atom. The standard InChI is InChI=1S/C9H10N2O3S2/c10-5-8-1-2-9(15-8)16(13,14)11-4-3-7(12)6-11/h1-2,7,12H,3-4,6H2. The number of sulfonamides is 1. The number of hydrogen-bond acceptors (Lipinski definition) is 5. The van der Waals surface area contributed by atoms with E-state index in [9.17, 15) is 13.5 Å². The van der Waals surface area contributed by atoms with E-state index in [0.717, 1.165) is 11.3 Å². The van der Waals surface area contributed by atoms with Gasteiger partial charge in [0.05, 0.1) is 6.10 Å². The van der Waals surface area contributed by atoms with Gasteiger partial charge >= 0.3 is 0 Å². The van der Waals surface area contributed by atoms with Crippen molar-refractivity contribution in [2.45, 2.75) is 16.7 Å². The molecule has 1 aliphatic rings. The second-order valence-corrected chi connectivity index (χ2v) is 6.78. The Bertz CT molecular complexity index is 529. The van der Waals surface area contributed by atoms with Crippen molar-refractivity contribution in [2.75, 3.05) is 13.1 Å². The largest absolute Gasteiger partial charge is 0.392 e. The summed E-state index contributed by atoms with van der Waals surface area (Å²) in [4.78, 5) is 0.373. The summed E-state index contributed by atoms with van der Waals surface area (Å²) >= 11 is 0.956. The summed E-state index contributed by atoms with van der Waals surface area (Å²) in [5.41, 5.74) is 0. The zero-order valence-electron chi connectivity index (χ0n) is 8.33. The lowest BCUT2D eigenvalue weighted by atomic mass is 10.3. The first-order valence-corrected chi connectivity index (χ1v) is 6.98. The molecular weight excluding hydrogens is 248 g/mol. The Morgan fingerprint density at radius 3 is 2.81 bits per heavy atom. The van der Waals surface area contributed by atoms with Crippen LogP contribution in [0.2, 0.25) is 0 Å². The van der Waals surface area contributed by atoms with Crippen molar-refractivity contribution in [1.29, 1.82) is 5.26 Å². The highest BCUT2D eigenvalue weighted by atomic mass is 32.2. The molecule has 0 saturated carbocycles. The smallest absolute Gasteiger partial charge is 0.252 e. The Kier molecular flexibility index (Phi) is 2.99. The minimum Gasteiger partial charge on any atom is -0.392 e. The molecule has 1 saturated heterocycles. The molecule has 0 aromatic carbocycles. The van der Waals surface area contributed by atoms with Gasteiger partial charge in [-0.25, -0.2) is 8.42 Å². The van der Waals surface area contributed by atoms with E-state index in [4.69, 9.17) is 5.26 Å². The highest BCUT2D eigenvalue weighted by Crippen LogP contribution is 2.26. The van der Waals surface area contributed by atoms with Crippen LogP contribution >= 0.6 is 11.3 Å². The molecule has 1 fully saturated rings. The van der Waals surface area contributed by atoms with Crippen LogP contribution in [0.25, 0.3) is 0 Å².